The molecule has 0 aromatic rings. The fraction of sp³-hybridized carbons (Fsp3) is 0.667. The summed E-state index contributed by atoms with van der Waals surface area (Å²) in [7, 11) is 0. The number of carbonyl (C=O) groups excluding carboxylic acids is 4. The van der Waals surface area contributed by atoms with Crippen molar-refractivity contribution in [2.45, 2.75) is 53.4 Å². The molecule has 0 atom stereocenters. The molecule has 0 saturated carbocycles. The van der Waals surface area contributed by atoms with Crippen molar-refractivity contribution < 1.29 is 39.6 Å². The minimum atomic E-state index is -0.995. The van der Waals surface area contributed by atoms with E-state index in [0.717, 1.165) is 0 Å². The van der Waals surface area contributed by atoms with Gasteiger partial charge >= 0.3 is 75.5 Å². The van der Waals surface area contributed by atoms with Crippen LogP contribution in [0.25, 0.3) is 0 Å². The first-order valence-electron chi connectivity index (χ1n) is 5.88. The standard InChI is InChI=1S/4C3H6O2.2Ca/c4*1-2-3(4)5;;/h4*2H2,1H3,(H,4,5);;/q;;;;2*+2/p-4. The van der Waals surface area contributed by atoms with E-state index < -0.39 is 23.9 Å². The molecule has 0 spiro atoms. The molecule has 10 heteroatoms. The van der Waals surface area contributed by atoms with Crippen LogP contribution in [0.15, 0.2) is 0 Å². The van der Waals surface area contributed by atoms with Crippen LogP contribution in [0.2, 0.25) is 0 Å². The Morgan fingerprint density at radius 1 is 0.500 bits per heavy atom. The zero-order valence-corrected chi connectivity index (χ0v) is 17.9. The van der Waals surface area contributed by atoms with E-state index in [-0.39, 0.29) is 101 Å². The molecule has 120 valence electrons. The second-order valence-corrected chi connectivity index (χ2v) is 2.90. The van der Waals surface area contributed by atoms with E-state index in [1.54, 1.807) is 0 Å². The maximum atomic E-state index is 9.26. The third kappa shape index (κ3) is 109. The number of rotatable bonds is 4. The van der Waals surface area contributed by atoms with Crippen molar-refractivity contribution in [3.05, 3.63) is 0 Å². The van der Waals surface area contributed by atoms with Crippen LogP contribution in [0.5, 0.6) is 0 Å². The summed E-state index contributed by atoms with van der Waals surface area (Å²) in [5.74, 6) is -3.98. The van der Waals surface area contributed by atoms with Gasteiger partial charge in [-0.1, -0.05) is 27.7 Å². The van der Waals surface area contributed by atoms with Gasteiger partial charge in [-0.15, -0.1) is 0 Å². The molecule has 0 aliphatic heterocycles. The molecular formula is C12H20Ca2O8. The molecule has 0 aromatic heterocycles. The Hall–Kier alpha value is 0.399. The third-order valence-corrected chi connectivity index (χ3v) is 1.15. The van der Waals surface area contributed by atoms with Gasteiger partial charge in [-0.3, -0.25) is 0 Å². The van der Waals surface area contributed by atoms with Crippen molar-refractivity contribution in [3.63, 3.8) is 0 Å². The first-order chi connectivity index (χ1) is 9.08. The van der Waals surface area contributed by atoms with Crippen LogP contribution < -0.4 is 20.4 Å². The second kappa shape index (κ2) is 33.1. The summed E-state index contributed by atoms with van der Waals surface area (Å²) in [6.07, 6.45) is 0.444. The van der Waals surface area contributed by atoms with Crippen molar-refractivity contribution in [1.82, 2.24) is 0 Å². The Labute approximate surface area is 190 Å². The average molecular weight is 372 g/mol. The van der Waals surface area contributed by atoms with Gasteiger partial charge in [0.25, 0.3) is 0 Å². The molecule has 0 aliphatic carbocycles. The number of carboxylic acid groups (broad SMARTS) is 4. The van der Waals surface area contributed by atoms with E-state index >= 15 is 0 Å². The monoisotopic (exact) mass is 372 g/mol. The summed E-state index contributed by atoms with van der Waals surface area (Å²) in [6.45, 7) is 6.15. The molecule has 0 radical (unpaired) electrons. The van der Waals surface area contributed by atoms with Crippen molar-refractivity contribution >= 4 is 99.4 Å². The minimum Gasteiger partial charge on any atom is -0.550 e. The Bertz CT molecular complexity index is 226. The molecule has 0 amide bonds. The number of carbonyl (C=O) groups is 4. The number of hydrogen-bond acceptors (Lipinski definition) is 8. The van der Waals surface area contributed by atoms with Crippen LogP contribution in [0.4, 0.5) is 0 Å². The van der Waals surface area contributed by atoms with Crippen molar-refractivity contribution in [3.8, 4) is 0 Å². The number of carboxylic acids is 4. The molecule has 0 fully saturated rings. The summed E-state index contributed by atoms with van der Waals surface area (Å²) in [6, 6.07) is 0. The van der Waals surface area contributed by atoms with Gasteiger partial charge < -0.3 is 39.6 Å². The van der Waals surface area contributed by atoms with Gasteiger partial charge in [0.2, 0.25) is 0 Å². The Kier molecular flexibility index (Phi) is 57.4. The van der Waals surface area contributed by atoms with E-state index in [4.69, 9.17) is 0 Å². The largest absolute Gasteiger partial charge is 2.00 e. The van der Waals surface area contributed by atoms with E-state index in [1.807, 2.05) is 0 Å². The van der Waals surface area contributed by atoms with E-state index in [0.29, 0.717) is 0 Å². The van der Waals surface area contributed by atoms with Gasteiger partial charge in [0.15, 0.2) is 0 Å². The summed E-state index contributed by atoms with van der Waals surface area (Å²) in [5.41, 5.74) is 0. The SMILES string of the molecule is CCC(=O)[O-].CCC(=O)[O-].CCC(=O)[O-].CCC(=O)[O-].[Ca+2].[Ca+2]. The molecular weight excluding hydrogens is 352 g/mol. The average Bonchev–Trinajstić information content (AvgIpc) is 2.40. The fourth-order valence-electron chi connectivity index (χ4n) is 0. The zero-order valence-electron chi connectivity index (χ0n) is 13.5. The normalized spacial score (nSPS) is 6.73. The molecule has 0 unspecified atom stereocenters. The zero-order chi connectivity index (χ0) is 17.1. The Morgan fingerprint density at radius 2 is 0.545 bits per heavy atom. The van der Waals surface area contributed by atoms with Crippen LogP contribution in [0.1, 0.15) is 53.4 Å². The smallest absolute Gasteiger partial charge is 0.550 e. The molecule has 8 nitrogen and oxygen atoms in total. The summed E-state index contributed by atoms with van der Waals surface area (Å²) in [4.78, 5) is 37.0. The van der Waals surface area contributed by atoms with Crippen LogP contribution in [0.3, 0.4) is 0 Å². The molecule has 0 saturated heterocycles. The predicted octanol–water partition coefficient (Wildman–Crippen LogP) is -4.18. The van der Waals surface area contributed by atoms with E-state index in [9.17, 15) is 39.6 Å². The quantitative estimate of drug-likeness (QED) is 0.449. The minimum absolute atomic E-state index is 0. The summed E-state index contributed by atoms with van der Waals surface area (Å²) < 4.78 is 0. The topological polar surface area (TPSA) is 161 Å². The van der Waals surface area contributed by atoms with Crippen LogP contribution in [-0.2, 0) is 19.2 Å². The molecule has 0 rings (SSSR count). The van der Waals surface area contributed by atoms with E-state index in [1.165, 1.54) is 27.7 Å². The molecule has 22 heavy (non-hydrogen) atoms. The van der Waals surface area contributed by atoms with Gasteiger partial charge in [0.1, 0.15) is 0 Å². The summed E-state index contributed by atoms with van der Waals surface area (Å²) >= 11 is 0. The molecule has 0 bridgehead atoms. The maximum Gasteiger partial charge on any atom is 2.00 e. The van der Waals surface area contributed by atoms with Gasteiger partial charge in [0, 0.05) is 23.9 Å². The second-order valence-electron chi connectivity index (χ2n) is 2.90. The maximum absolute atomic E-state index is 9.26. The van der Waals surface area contributed by atoms with Gasteiger partial charge in [-0.2, -0.15) is 0 Å². The third-order valence-electron chi connectivity index (χ3n) is 1.15. The number of aliphatic carboxylic acids is 4. The van der Waals surface area contributed by atoms with Crippen LogP contribution in [-0.4, -0.2) is 99.4 Å². The van der Waals surface area contributed by atoms with Crippen molar-refractivity contribution in [2.75, 3.05) is 0 Å². The van der Waals surface area contributed by atoms with Gasteiger partial charge in [-0.25, -0.2) is 0 Å². The number of hydrogen-bond donors (Lipinski definition) is 0. The fourth-order valence-corrected chi connectivity index (χ4v) is 0. The first kappa shape index (κ1) is 38.1. The Morgan fingerprint density at radius 3 is 0.545 bits per heavy atom. The van der Waals surface area contributed by atoms with Crippen molar-refractivity contribution in [2.24, 2.45) is 0 Å². The van der Waals surface area contributed by atoms with Crippen LogP contribution in [0, 0.1) is 0 Å². The molecule has 0 aliphatic rings. The summed E-state index contributed by atoms with van der Waals surface area (Å²) in [5, 5.41) is 37.0. The van der Waals surface area contributed by atoms with Crippen LogP contribution >= 0.6 is 0 Å². The Balaban J connectivity index is -0.0000000376. The van der Waals surface area contributed by atoms with Gasteiger partial charge in [0.05, 0.1) is 0 Å². The molecule has 0 heterocycles. The molecule has 0 aromatic carbocycles. The van der Waals surface area contributed by atoms with E-state index in [2.05, 4.69) is 0 Å². The first-order valence-corrected chi connectivity index (χ1v) is 5.88. The van der Waals surface area contributed by atoms with Crippen molar-refractivity contribution in [1.29, 1.82) is 0 Å². The van der Waals surface area contributed by atoms with Gasteiger partial charge in [-0.05, 0) is 25.7 Å². The molecule has 0 N–H and O–H groups in total. The predicted molar refractivity (Wildman–Crippen MR) is 72.7 cm³/mol.